The second-order valence-corrected chi connectivity index (χ2v) is 6.84. The molecule has 25 heavy (non-hydrogen) atoms. The molecule has 6 nitrogen and oxygen atoms in total. The van der Waals surface area contributed by atoms with Gasteiger partial charge in [-0.05, 0) is 37.0 Å². The van der Waals surface area contributed by atoms with Crippen LogP contribution in [0.4, 0.5) is 0 Å². The van der Waals surface area contributed by atoms with Crippen LogP contribution in [-0.2, 0) is 4.79 Å². The number of carbonyl (C=O) groups excluding carboxylic acids is 2. The topological polar surface area (TPSA) is 64.7 Å². The molecule has 2 fully saturated rings. The Hall–Kier alpha value is -1.92. The highest BCUT2D eigenvalue weighted by atomic mass is 16.2. The van der Waals surface area contributed by atoms with E-state index < -0.39 is 0 Å². The molecule has 136 valence electrons. The Morgan fingerprint density at radius 1 is 1.20 bits per heavy atom. The zero-order valence-corrected chi connectivity index (χ0v) is 15.0. The minimum atomic E-state index is -0.0819. The van der Waals surface area contributed by atoms with E-state index in [1.807, 2.05) is 29.2 Å². The summed E-state index contributed by atoms with van der Waals surface area (Å²) in [6.07, 6.45) is 3.46. The summed E-state index contributed by atoms with van der Waals surface area (Å²) in [5, 5.41) is 6.08. The maximum Gasteiger partial charge on any atom is 0.251 e. The average molecular weight is 344 g/mol. The van der Waals surface area contributed by atoms with Crippen molar-refractivity contribution in [3.8, 4) is 0 Å². The van der Waals surface area contributed by atoms with E-state index in [1.165, 1.54) is 6.42 Å². The van der Waals surface area contributed by atoms with E-state index in [9.17, 15) is 9.59 Å². The van der Waals surface area contributed by atoms with Crippen LogP contribution < -0.4 is 10.6 Å². The second kappa shape index (κ2) is 8.45. The minimum Gasteiger partial charge on any atom is -0.355 e. The molecule has 2 aliphatic heterocycles. The Bertz CT molecular complexity index is 613. The van der Waals surface area contributed by atoms with Gasteiger partial charge in [0.1, 0.15) is 0 Å². The van der Waals surface area contributed by atoms with E-state index in [-0.39, 0.29) is 17.9 Å². The first-order valence-corrected chi connectivity index (χ1v) is 9.23. The van der Waals surface area contributed by atoms with Crippen LogP contribution in [0.5, 0.6) is 0 Å². The SMILES string of the molecule is CNC(=O)c1cccc([C@H]2CNCCN2CC(=O)N2CCCCC2)c1. The normalized spacial score (nSPS) is 21.8. The summed E-state index contributed by atoms with van der Waals surface area (Å²) in [5.74, 6) is 0.149. The number of benzene rings is 1. The molecule has 2 N–H and O–H groups in total. The van der Waals surface area contributed by atoms with Gasteiger partial charge in [-0.1, -0.05) is 12.1 Å². The van der Waals surface area contributed by atoms with Crippen LogP contribution in [0.25, 0.3) is 0 Å². The molecule has 2 saturated heterocycles. The highest BCUT2D eigenvalue weighted by molar-refractivity contribution is 5.94. The first kappa shape index (κ1) is 17.9. The van der Waals surface area contributed by atoms with Crippen molar-refractivity contribution in [3.05, 3.63) is 35.4 Å². The van der Waals surface area contributed by atoms with Crippen molar-refractivity contribution in [2.45, 2.75) is 25.3 Å². The van der Waals surface area contributed by atoms with Gasteiger partial charge in [-0.3, -0.25) is 14.5 Å². The molecule has 0 unspecified atom stereocenters. The lowest BCUT2D eigenvalue weighted by molar-refractivity contribution is -0.134. The number of piperidine rings is 1. The Morgan fingerprint density at radius 2 is 2.00 bits per heavy atom. The van der Waals surface area contributed by atoms with Crippen molar-refractivity contribution in [2.24, 2.45) is 0 Å². The Labute approximate surface area is 149 Å². The lowest BCUT2D eigenvalue weighted by Crippen LogP contribution is -2.50. The molecule has 2 aliphatic rings. The smallest absolute Gasteiger partial charge is 0.251 e. The van der Waals surface area contributed by atoms with Gasteiger partial charge in [0, 0.05) is 51.4 Å². The fourth-order valence-electron chi connectivity index (χ4n) is 3.71. The number of carbonyl (C=O) groups is 2. The van der Waals surface area contributed by atoms with Crippen LogP contribution in [0.3, 0.4) is 0 Å². The van der Waals surface area contributed by atoms with E-state index in [2.05, 4.69) is 15.5 Å². The monoisotopic (exact) mass is 344 g/mol. The molecule has 1 atom stereocenters. The zero-order valence-electron chi connectivity index (χ0n) is 15.0. The van der Waals surface area contributed by atoms with E-state index in [1.54, 1.807) is 7.05 Å². The van der Waals surface area contributed by atoms with Crippen LogP contribution >= 0.6 is 0 Å². The Balaban J connectivity index is 1.72. The number of amides is 2. The number of hydrogen-bond acceptors (Lipinski definition) is 4. The maximum absolute atomic E-state index is 12.7. The third-order valence-electron chi connectivity index (χ3n) is 5.16. The number of nitrogens with one attached hydrogen (secondary N) is 2. The Kier molecular flexibility index (Phi) is 6.04. The summed E-state index contributed by atoms with van der Waals surface area (Å²) < 4.78 is 0. The van der Waals surface area contributed by atoms with E-state index in [0.29, 0.717) is 12.1 Å². The summed E-state index contributed by atoms with van der Waals surface area (Å²) in [5.41, 5.74) is 1.74. The molecule has 0 aliphatic carbocycles. The number of piperazine rings is 1. The molecule has 1 aromatic rings. The first-order chi connectivity index (χ1) is 12.2. The molecule has 3 rings (SSSR count). The molecule has 0 bridgehead atoms. The largest absolute Gasteiger partial charge is 0.355 e. The number of rotatable bonds is 4. The van der Waals surface area contributed by atoms with Crippen molar-refractivity contribution in [2.75, 3.05) is 46.3 Å². The molecular weight excluding hydrogens is 316 g/mol. The molecule has 0 spiro atoms. The van der Waals surface area contributed by atoms with Gasteiger partial charge in [0.05, 0.1) is 6.54 Å². The van der Waals surface area contributed by atoms with Gasteiger partial charge in [0.2, 0.25) is 5.91 Å². The number of nitrogens with zero attached hydrogens (tertiary/aromatic N) is 2. The summed E-state index contributed by atoms with van der Waals surface area (Å²) in [6.45, 7) is 4.76. The quantitative estimate of drug-likeness (QED) is 0.855. The number of likely N-dealkylation sites (tertiary alicyclic amines) is 1. The first-order valence-electron chi connectivity index (χ1n) is 9.23. The van der Waals surface area contributed by atoms with Gasteiger partial charge in [0.25, 0.3) is 5.91 Å². The molecule has 2 amide bonds. The predicted octanol–water partition coefficient (Wildman–Crippen LogP) is 1.01. The van der Waals surface area contributed by atoms with Gasteiger partial charge in [-0.2, -0.15) is 0 Å². The van der Waals surface area contributed by atoms with Crippen molar-refractivity contribution in [1.82, 2.24) is 20.4 Å². The summed E-state index contributed by atoms with van der Waals surface area (Å²) in [4.78, 5) is 28.8. The predicted molar refractivity (Wildman–Crippen MR) is 97.4 cm³/mol. The van der Waals surface area contributed by atoms with Crippen LogP contribution in [0.1, 0.15) is 41.2 Å². The lowest BCUT2D eigenvalue weighted by atomic mass is 10.0. The third-order valence-corrected chi connectivity index (χ3v) is 5.16. The van der Waals surface area contributed by atoms with Crippen LogP contribution in [0, 0.1) is 0 Å². The fourth-order valence-corrected chi connectivity index (χ4v) is 3.71. The standard InChI is InChI=1S/C19H28N4O2/c1-20-19(25)16-7-5-6-15(12-16)17-13-21-8-11-23(17)14-18(24)22-9-3-2-4-10-22/h5-7,12,17,21H,2-4,8-11,13-14H2,1H3,(H,20,25)/t17-/m1/s1. The van der Waals surface area contributed by atoms with E-state index in [4.69, 9.17) is 0 Å². The summed E-state index contributed by atoms with van der Waals surface area (Å²) >= 11 is 0. The minimum absolute atomic E-state index is 0.0819. The van der Waals surface area contributed by atoms with Crippen molar-refractivity contribution in [1.29, 1.82) is 0 Å². The molecule has 2 heterocycles. The molecular formula is C19H28N4O2. The van der Waals surface area contributed by atoms with Gasteiger partial charge in [-0.15, -0.1) is 0 Å². The van der Waals surface area contributed by atoms with Gasteiger partial charge >= 0.3 is 0 Å². The molecule has 0 saturated carbocycles. The zero-order chi connectivity index (χ0) is 17.6. The maximum atomic E-state index is 12.7. The molecule has 6 heteroatoms. The van der Waals surface area contributed by atoms with Crippen LogP contribution in [-0.4, -0.2) is 67.9 Å². The van der Waals surface area contributed by atoms with Gasteiger partial charge in [0.15, 0.2) is 0 Å². The van der Waals surface area contributed by atoms with Gasteiger partial charge in [-0.25, -0.2) is 0 Å². The highest BCUT2D eigenvalue weighted by Crippen LogP contribution is 2.23. The van der Waals surface area contributed by atoms with Crippen molar-refractivity contribution < 1.29 is 9.59 Å². The summed E-state index contributed by atoms with van der Waals surface area (Å²) in [7, 11) is 1.64. The van der Waals surface area contributed by atoms with E-state index >= 15 is 0 Å². The lowest BCUT2D eigenvalue weighted by Gasteiger charge is -2.38. The molecule has 1 aromatic carbocycles. The second-order valence-electron chi connectivity index (χ2n) is 6.84. The molecule has 0 aromatic heterocycles. The van der Waals surface area contributed by atoms with Crippen LogP contribution in [0.2, 0.25) is 0 Å². The van der Waals surface area contributed by atoms with Gasteiger partial charge < -0.3 is 15.5 Å². The van der Waals surface area contributed by atoms with Crippen molar-refractivity contribution in [3.63, 3.8) is 0 Å². The third kappa shape index (κ3) is 4.38. The highest BCUT2D eigenvalue weighted by Gasteiger charge is 2.28. The van der Waals surface area contributed by atoms with Crippen molar-refractivity contribution >= 4 is 11.8 Å². The number of hydrogen-bond donors (Lipinski definition) is 2. The summed E-state index contributed by atoms with van der Waals surface area (Å²) in [6, 6.07) is 7.84. The van der Waals surface area contributed by atoms with E-state index in [0.717, 1.165) is 51.1 Å². The molecule has 0 radical (unpaired) electrons. The van der Waals surface area contributed by atoms with Crippen LogP contribution in [0.15, 0.2) is 24.3 Å². The average Bonchev–Trinajstić information content (AvgIpc) is 2.68. The fraction of sp³-hybridized carbons (Fsp3) is 0.579. The Morgan fingerprint density at radius 3 is 2.76 bits per heavy atom.